The van der Waals surface area contributed by atoms with E-state index in [1.807, 2.05) is 13.8 Å². The molecule has 5 heteroatoms. The summed E-state index contributed by atoms with van der Waals surface area (Å²) in [4.78, 5) is 11.7. The van der Waals surface area contributed by atoms with Gasteiger partial charge in [0.15, 0.2) is 0 Å². The topological polar surface area (TPSA) is 69.6 Å². The lowest BCUT2D eigenvalue weighted by atomic mass is 10.0. The zero-order chi connectivity index (χ0) is 13.0. The van der Waals surface area contributed by atoms with Crippen LogP contribution in [0.3, 0.4) is 0 Å². The molecule has 1 amide bonds. The molecule has 0 aromatic heterocycles. The number of phenols is 1. The second-order valence-corrected chi connectivity index (χ2v) is 4.17. The minimum atomic E-state index is -0.602. The van der Waals surface area contributed by atoms with Crippen LogP contribution >= 0.6 is 0 Å². The number of aliphatic hydroxyl groups excluding tert-OH is 1. The van der Waals surface area contributed by atoms with Crippen LogP contribution in [0.1, 0.15) is 24.2 Å². The van der Waals surface area contributed by atoms with Crippen molar-refractivity contribution in [1.82, 2.24) is 5.32 Å². The number of carbonyl (C=O) groups excluding carboxylic acids is 1. The first-order valence-corrected chi connectivity index (χ1v) is 5.36. The third-order valence-electron chi connectivity index (χ3n) is 2.52. The Labute approximate surface area is 99.1 Å². The Hall–Kier alpha value is -1.62. The fourth-order valence-electron chi connectivity index (χ4n) is 1.36. The molecule has 17 heavy (non-hydrogen) atoms. The van der Waals surface area contributed by atoms with Gasteiger partial charge in [-0.25, -0.2) is 4.39 Å². The van der Waals surface area contributed by atoms with E-state index in [1.165, 1.54) is 0 Å². The smallest absolute Gasteiger partial charge is 0.255 e. The summed E-state index contributed by atoms with van der Waals surface area (Å²) in [6, 6.07) is 2.72. The van der Waals surface area contributed by atoms with Gasteiger partial charge < -0.3 is 15.5 Å². The molecule has 0 bridgehead atoms. The van der Waals surface area contributed by atoms with Gasteiger partial charge in [-0.1, -0.05) is 13.8 Å². The molecule has 1 atom stereocenters. The summed E-state index contributed by atoms with van der Waals surface area (Å²) in [7, 11) is 0. The predicted molar refractivity (Wildman–Crippen MR) is 61.2 cm³/mol. The second kappa shape index (κ2) is 5.63. The van der Waals surface area contributed by atoms with Gasteiger partial charge in [0.1, 0.15) is 11.6 Å². The van der Waals surface area contributed by atoms with E-state index in [1.54, 1.807) is 0 Å². The van der Waals surface area contributed by atoms with Crippen LogP contribution in [0.4, 0.5) is 4.39 Å². The number of hydrogen-bond donors (Lipinski definition) is 3. The van der Waals surface area contributed by atoms with Crippen LogP contribution in [0.15, 0.2) is 18.2 Å². The third kappa shape index (κ3) is 3.42. The number of benzene rings is 1. The van der Waals surface area contributed by atoms with E-state index in [0.717, 1.165) is 18.2 Å². The number of aromatic hydroxyl groups is 1. The summed E-state index contributed by atoms with van der Waals surface area (Å²) < 4.78 is 12.9. The third-order valence-corrected chi connectivity index (χ3v) is 2.52. The molecule has 0 aliphatic heterocycles. The molecule has 0 aliphatic carbocycles. The van der Waals surface area contributed by atoms with Crippen molar-refractivity contribution in [3.05, 3.63) is 29.6 Å². The first-order valence-electron chi connectivity index (χ1n) is 5.36. The molecule has 1 aromatic carbocycles. The Morgan fingerprint density at radius 3 is 2.65 bits per heavy atom. The zero-order valence-corrected chi connectivity index (χ0v) is 9.77. The van der Waals surface area contributed by atoms with Crippen molar-refractivity contribution in [3.63, 3.8) is 0 Å². The van der Waals surface area contributed by atoms with Gasteiger partial charge in [0, 0.05) is 0 Å². The number of phenolic OH excluding ortho intramolecular Hbond substituents is 1. The van der Waals surface area contributed by atoms with Crippen molar-refractivity contribution in [2.45, 2.75) is 19.9 Å². The molecule has 0 saturated carbocycles. The predicted octanol–water partition coefficient (Wildman–Crippen LogP) is 1.28. The van der Waals surface area contributed by atoms with Gasteiger partial charge in [0.05, 0.1) is 18.2 Å². The van der Waals surface area contributed by atoms with Crippen molar-refractivity contribution >= 4 is 5.91 Å². The molecule has 0 unspecified atom stereocenters. The molecule has 0 saturated heterocycles. The fourth-order valence-corrected chi connectivity index (χ4v) is 1.36. The average molecular weight is 241 g/mol. The standard InChI is InChI=1S/C12H16FNO3/c1-7(2)10(6-15)14-12(17)9-5-8(13)3-4-11(9)16/h3-5,7,10,15-16H,6H2,1-2H3,(H,14,17)/t10-/m1/s1. The number of hydrogen-bond acceptors (Lipinski definition) is 3. The Bertz CT molecular complexity index is 407. The monoisotopic (exact) mass is 241 g/mol. The maximum Gasteiger partial charge on any atom is 0.255 e. The minimum absolute atomic E-state index is 0.0413. The highest BCUT2D eigenvalue weighted by Crippen LogP contribution is 2.18. The SMILES string of the molecule is CC(C)[C@@H](CO)NC(=O)c1cc(F)ccc1O. The van der Waals surface area contributed by atoms with E-state index in [0.29, 0.717) is 0 Å². The molecule has 4 nitrogen and oxygen atoms in total. The summed E-state index contributed by atoms with van der Waals surface area (Å²) >= 11 is 0. The van der Waals surface area contributed by atoms with Crippen molar-refractivity contribution in [2.75, 3.05) is 6.61 Å². The van der Waals surface area contributed by atoms with E-state index in [4.69, 9.17) is 5.11 Å². The first-order chi connectivity index (χ1) is 7.95. The molecular weight excluding hydrogens is 225 g/mol. The van der Waals surface area contributed by atoms with E-state index in [2.05, 4.69) is 5.32 Å². The summed E-state index contributed by atoms with van der Waals surface area (Å²) in [6.07, 6.45) is 0. The van der Waals surface area contributed by atoms with Crippen LogP contribution in [-0.4, -0.2) is 28.8 Å². The van der Waals surface area contributed by atoms with Crippen molar-refractivity contribution in [1.29, 1.82) is 0 Å². The zero-order valence-electron chi connectivity index (χ0n) is 9.77. The van der Waals surface area contributed by atoms with E-state index in [9.17, 15) is 14.3 Å². The van der Waals surface area contributed by atoms with Gasteiger partial charge in [-0.15, -0.1) is 0 Å². The van der Waals surface area contributed by atoms with Crippen LogP contribution in [0, 0.1) is 11.7 Å². The highest BCUT2D eigenvalue weighted by Gasteiger charge is 2.18. The average Bonchev–Trinajstić information content (AvgIpc) is 2.28. The lowest BCUT2D eigenvalue weighted by Crippen LogP contribution is -2.41. The Balaban J connectivity index is 2.86. The van der Waals surface area contributed by atoms with Gasteiger partial charge >= 0.3 is 0 Å². The molecule has 94 valence electrons. The van der Waals surface area contributed by atoms with Crippen LogP contribution in [-0.2, 0) is 0 Å². The van der Waals surface area contributed by atoms with Crippen molar-refractivity contribution in [2.24, 2.45) is 5.92 Å². The quantitative estimate of drug-likeness (QED) is 0.743. The Kier molecular flexibility index (Phi) is 4.45. The van der Waals surface area contributed by atoms with Crippen LogP contribution < -0.4 is 5.32 Å². The van der Waals surface area contributed by atoms with Gasteiger partial charge in [0.2, 0.25) is 0 Å². The molecule has 1 aromatic rings. The maximum atomic E-state index is 12.9. The molecule has 0 heterocycles. The number of nitrogens with one attached hydrogen (secondary N) is 1. The molecule has 0 spiro atoms. The highest BCUT2D eigenvalue weighted by molar-refractivity contribution is 5.97. The lowest BCUT2D eigenvalue weighted by Gasteiger charge is -2.20. The highest BCUT2D eigenvalue weighted by atomic mass is 19.1. The molecule has 1 rings (SSSR count). The molecule has 0 aliphatic rings. The number of amides is 1. The number of rotatable bonds is 4. The van der Waals surface area contributed by atoms with E-state index in [-0.39, 0.29) is 23.8 Å². The van der Waals surface area contributed by atoms with Gasteiger partial charge in [-0.05, 0) is 24.1 Å². The maximum absolute atomic E-state index is 12.9. The molecular formula is C12H16FNO3. The molecule has 3 N–H and O–H groups in total. The van der Waals surface area contributed by atoms with Crippen LogP contribution in [0.2, 0.25) is 0 Å². The summed E-state index contributed by atoms with van der Waals surface area (Å²) in [6.45, 7) is 3.47. The first kappa shape index (κ1) is 13.4. The molecule has 0 fully saturated rings. The second-order valence-electron chi connectivity index (χ2n) is 4.17. The molecule has 0 radical (unpaired) electrons. The lowest BCUT2D eigenvalue weighted by molar-refractivity contribution is 0.0893. The van der Waals surface area contributed by atoms with Crippen LogP contribution in [0.25, 0.3) is 0 Å². The van der Waals surface area contributed by atoms with Gasteiger partial charge in [-0.3, -0.25) is 4.79 Å². The van der Waals surface area contributed by atoms with E-state index < -0.39 is 17.8 Å². The summed E-state index contributed by atoms with van der Waals surface area (Å²) in [5, 5.41) is 21.0. The van der Waals surface area contributed by atoms with Gasteiger partial charge in [-0.2, -0.15) is 0 Å². The fraction of sp³-hybridized carbons (Fsp3) is 0.417. The van der Waals surface area contributed by atoms with Crippen molar-refractivity contribution in [3.8, 4) is 5.75 Å². The van der Waals surface area contributed by atoms with E-state index >= 15 is 0 Å². The number of aliphatic hydroxyl groups is 1. The number of carbonyl (C=O) groups is 1. The van der Waals surface area contributed by atoms with Crippen molar-refractivity contribution < 1.29 is 19.4 Å². The minimum Gasteiger partial charge on any atom is -0.507 e. The van der Waals surface area contributed by atoms with Crippen LogP contribution in [0.5, 0.6) is 5.75 Å². The number of halogens is 1. The van der Waals surface area contributed by atoms with Gasteiger partial charge in [0.25, 0.3) is 5.91 Å². The summed E-state index contributed by atoms with van der Waals surface area (Å²) in [5.41, 5.74) is -0.135. The Morgan fingerprint density at radius 1 is 1.47 bits per heavy atom. The largest absolute Gasteiger partial charge is 0.507 e. The Morgan fingerprint density at radius 2 is 2.12 bits per heavy atom. The summed E-state index contributed by atoms with van der Waals surface area (Å²) in [5.74, 6) is -1.45. The normalized spacial score (nSPS) is 12.5.